The number of hydrogen-bond acceptors (Lipinski definition) is 2. The summed E-state index contributed by atoms with van der Waals surface area (Å²) in [5.74, 6) is 0.710. The van der Waals surface area contributed by atoms with E-state index in [-0.39, 0.29) is 6.29 Å². The third kappa shape index (κ3) is 4.16. The van der Waals surface area contributed by atoms with E-state index in [1.54, 1.807) is 6.08 Å². The van der Waals surface area contributed by atoms with Crippen LogP contribution < -0.4 is 0 Å². The SMILES string of the molecule is CCC(C)CCOC1C=CC(Cl)=CO1. The molecule has 0 spiro atoms. The minimum atomic E-state index is -0.262. The number of halogens is 1. The lowest BCUT2D eigenvalue weighted by Gasteiger charge is -2.17. The summed E-state index contributed by atoms with van der Waals surface area (Å²) in [5, 5.41) is 0.603. The molecule has 2 unspecified atom stereocenters. The molecule has 0 fully saturated rings. The molecule has 14 heavy (non-hydrogen) atoms. The van der Waals surface area contributed by atoms with E-state index in [9.17, 15) is 0 Å². The molecule has 1 aliphatic rings. The normalized spacial score (nSPS) is 22.8. The Hall–Kier alpha value is -0.470. The van der Waals surface area contributed by atoms with Gasteiger partial charge in [-0.05, 0) is 24.5 Å². The Labute approximate surface area is 90.5 Å². The maximum absolute atomic E-state index is 5.68. The largest absolute Gasteiger partial charge is 0.467 e. The van der Waals surface area contributed by atoms with Gasteiger partial charge in [0.15, 0.2) is 0 Å². The van der Waals surface area contributed by atoms with Gasteiger partial charge in [-0.1, -0.05) is 31.9 Å². The van der Waals surface area contributed by atoms with Crippen molar-refractivity contribution in [1.29, 1.82) is 0 Å². The molecule has 0 aromatic carbocycles. The topological polar surface area (TPSA) is 18.5 Å². The predicted molar refractivity (Wildman–Crippen MR) is 58.0 cm³/mol. The van der Waals surface area contributed by atoms with Crippen LogP contribution >= 0.6 is 11.6 Å². The summed E-state index contributed by atoms with van der Waals surface area (Å²) in [6, 6.07) is 0. The smallest absolute Gasteiger partial charge is 0.219 e. The van der Waals surface area contributed by atoms with E-state index in [4.69, 9.17) is 21.1 Å². The van der Waals surface area contributed by atoms with Crippen LogP contribution in [0.15, 0.2) is 23.4 Å². The van der Waals surface area contributed by atoms with Gasteiger partial charge in [0.2, 0.25) is 6.29 Å². The maximum atomic E-state index is 5.68. The Morgan fingerprint density at radius 2 is 2.43 bits per heavy atom. The molecule has 0 aromatic heterocycles. The first-order valence-electron chi connectivity index (χ1n) is 5.03. The molecular weight excluding hydrogens is 200 g/mol. The van der Waals surface area contributed by atoms with Gasteiger partial charge in [-0.3, -0.25) is 0 Å². The van der Waals surface area contributed by atoms with E-state index < -0.39 is 0 Å². The fourth-order valence-electron chi connectivity index (χ4n) is 1.07. The first-order chi connectivity index (χ1) is 6.72. The van der Waals surface area contributed by atoms with Gasteiger partial charge in [0, 0.05) is 0 Å². The van der Waals surface area contributed by atoms with Crippen molar-refractivity contribution in [3.8, 4) is 0 Å². The molecule has 2 nitrogen and oxygen atoms in total. The van der Waals surface area contributed by atoms with Gasteiger partial charge >= 0.3 is 0 Å². The monoisotopic (exact) mass is 216 g/mol. The van der Waals surface area contributed by atoms with E-state index in [0.717, 1.165) is 13.0 Å². The molecule has 0 amide bonds. The van der Waals surface area contributed by atoms with Crippen molar-refractivity contribution < 1.29 is 9.47 Å². The first kappa shape index (κ1) is 11.6. The van der Waals surface area contributed by atoms with Gasteiger partial charge in [0.25, 0.3) is 0 Å². The van der Waals surface area contributed by atoms with Crippen LogP contribution in [0.2, 0.25) is 0 Å². The number of rotatable bonds is 5. The summed E-state index contributed by atoms with van der Waals surface area (Å²) in [5.41, 5.74) is 0. The molecule has 0 radical (unpaired) electrons. The van der Waals surface area contributed by atoms with Gasteiger partial charge in [0.1, 0.15) is 6.26 Å². The second-order valence-corrected chi connectivity index (χ2v) is 3.98. The van der Waals surface area contributed by atoms with Crippen LogP contribution in [-0.2, 0) is 9.47 Å². The number of ether oxygens (including phenoxy) is 2. The predicted octanol–water partition coefficient (Wildman–Crippen LogP) is 3.43. The Morgan fingerprint density at radius 1 is 1.64 bits per heavy atom. The third-order valence-corrected chi connectivity index (χ3v) is 2.53. The van der Waals surface area contributed by atoms with Crippen molar-refractivity contribution in [1.82, 2.24) is 0 Å². The second kappa shape index (κ2) is 6.10. The zero-order chi connectivity index (χ0) is 10.4. The standard InChI is InChI=1S/C11H17ClO2/c1-3-9(2)6-7-13-11-5-4-10(12)8-14-11/h4-5,8-9,11H,3,6-7H2,1-2H3. The minimum absolute atomic E-state index is 0.262. The molecular formula is C11H17ClO2. The lowest BCUT2D eigenvalue weighted by atomic mass is 10.1. The first-order valence-corrected chi connectivity index (χ1v) is 5.41. The molecule has 0 N–H and O–H groups in total. The van der Waals surface area contributed by atoms with Crippen molar-refractivity contribution in [2.24, 2.45) is 5.92 Å². The van der Waals surface area contributed by atoms with Crippen LogP contribution in [-0.4, -0.2) is 12.9 Å². The van der Waals surface area contributed by atoms with Gasteiger partial charge in [-0.25, -0.2) is 0 Å². The van der Waals surface area contributed by atoms with E-state index in [1.165, 1.54) is 12.7 Å². The summed E-state index contributed by atoms with van der Waals surface area (Å²) in [7, 11) is 0. The van der Waals surface area contributed by atoms with Crippen molar-refractivity contribution in [2.45, 2.75) is 33.0 Å². The quantitative estimate of drug-likeness (QED) is 0.701. The zero-order valence-electron chi connectivity index (χ0n) is 8.70. The molecule has 0 bridgehead atoms. The molecule has 80 valence electrons. The molecule has 0 saturated carbocycles. The van der Waals surface area contributed by atoms with Gasteiger partial charge in [-0.15, -0.1) is 0 Å². The average Bonchev–Trinajstić information content (AvgIpc) is 2.21. The number of allylic oxidation sites excluding steroid dienone is 2. The molecule has 0 aliphatic carbocycles. The highest BCUT2D eigenvalue weighted by Crippen LogP contribution is 2.14. The maximum Gasteiger partial charge on any atom is 0.219 e. The Morgan fingerprint density at radius 3 is 3.00 bits per heavy atom. The van der Waals surface area contributed by atoms with E-state index >= 15 is 0 Å². The fourth-order valence-corrected chi connectivity index (χ4v) is 1.20. The lowest BCUT2D eigenvalue weighted by Crippen LogP contribution is -2.15. The van der Waals surface area contributed by atoms with Crippen LogP contribution in [0.25, 0.3) is 0 Å². The van der Waals surface area contributed by atoms with Gasteiger partial charge < -0.3 is 9.47 Å². The Bertz CT molecular complexity index is 223. The minimum Gasteiger partial charge on any atom is -0.467 e. The summed E-state index contributed by atoms with van der Waals surface area (Å²) < 4.78 is 10.7. The lowest BCUT2D eigenvalue weighted by molar-refractivity contribution is -0.0773. The highest BCUT2D eigenvalue weighted by molar-refractivity contribution is 6.31. The molecule has 0 saturated heterocycles. The molecule has 2 atom stereocenters. The zero-order valence-corrected chi connectivity index (χ0v) is 9.46. The Kier molecular flexibility index (Phi) is 5.05. The summed E-state index contributed by atoms with van der Waals surface area (Å²) in [6.45, 7) is 5.14. The molecule has 0 aromatic rings. The van der Waals surface area contributed by atoms with Crippen LogP contribution in [0.4, 0.5) is 0 Å². The van der Waals surface area contributed by atoms with E-state index in [2.05, 4.69) is 13.8 Å². The van der Waals surface area contributed by atoms with Crippen LogP contribution in [0, 0.1) is 5.92 Å². The highest BCUT2D eigenvalue weighted by atomic mass is 35.5. The van der Waals surface area contributed by atoms with E-state index in [0.29, 0.717) is 11.0 Å². The molecule has 1 aliphatic heterocycles. The van der Waals surface area contributed by atoms with E-state index in [1.807, 2.05) is 6.08 Å². The van der Waals surface area contributed by atoms with Gasteiger partial charge in [0.05, 0.1) is 11.6 Å². The fraction of sp³-hybridized carbons (Fsp3) is 0.636. The van der Waals surface area contributed by atoms with Crippen molar-refractivity contribution in [3.05, 3.63) is 23.4 Å². The molecule has 3 heteroatoms. The van der Waals surface area contributed by atoms with Crippen molar-refractivity contribution in [3.63, 3.8) is 0 Å². The average molecular weight is 217 g/mol. The Balaban J connectivity index is 2.12. The van der Waals surface area contributed by atoms with Crippen molar-refractivity contribution >= 4 is 11.6 Å². The van der Waals surface area contributed by atoms with Crippen molar-refractivity contribution in [2.75, 3.05) is 6.61 Å². The van der Waals surface area contributed by atoms with Crippen LogP contribution in [0.3, 0.4) is 0 Å². The third-order valence-electron chi connectivity index (χ3n) is 2.32. The summed E-state index contributed by atoms with van der Waals surface area (Å²) in [6.07, 6.45) is 7.12. The summed E-state index contributed by atoms with van der Waals surface area (Å²) >= 11 is 5.68. The molecule has 1 rings (SSSR count). The van der Waals surface area contributed by atoms with Gasteiger partial charge in [-0.2, -0.15) is 0 Å². The number of hydrogen-bond donors (Lipinski definition) is 0. The van der Waals surface area contributed by atoms with Crippen LogP contribution in [0.5, 0.6) is 0 Å². The summed E-state index contributed by atoms with van der Waals surface area (Å²) in [4.78, 5) is 0. The highest BCUT2D eigenvalue weighted by Gasteiger charge is 2.09. The molecule has 1 heterocycles. The van der Waals surface area contributed by atoms with Crippen LogP contribution in [0.1, 0.15) is 26.7 Å². The second-order valence-electron chi connectivity index (χ2n) is 3.54.